The maximum atomic E-state index is 12.1. The Morgan fingerprint density at radius 1 is 1.45 bits per heavy atom. The average Bonchev–Trinajstić information content (AvgIpc) is 1.88. The van der Waals surface area contributed by atoms with Crippen molar-refractivity contribution in [3.05, 3.63) is 11.8 Å². The zero-order chi connectivity index (χ0) is 9.02. The Hall–Kier alpha value is -0.640. The standard InChI is InChI=1S/C7H14F2N2/c1-4-6(7(8)9)11(10)5(2)3/h4-5,7H,10H2,1-3H3/b6-4-. The molecule has 0 aliphatic heterocycles. The molecule has 0 spiro atoms. The summed E-state index contributed by atoms with van der Waals surface area (Å²) in [4.78, 5) is 0. The Kier molecular flexibility index (Phi) is 4.03. The zero-order valence-electron chi connectivity index (χ0n) is 7.01. The van der Waals surface area contributed by atoms with Crippen LogP contribution >= 0.6 is 0 Å². The lowest BCUT2D eigenvalue weighted by Crippen LogP contribution is -2.38. The van der Waals surface area contributed by atoms with E-state index >= 15 is 0 Å². The Labute approximate surface area is 65.6 Å². The van der Waals surface area contributed by atoms with Crippen LogP contribution in [0.5, 0.6) is 0 Å². The zero-order valence-corrected chi connectivity index (χ0v) is 7.01. The van der Waals surface area contributed by atoms with E-state index in [9.17, 15) is 8.78 Å². The summed E-state index contributed by atoms with van der Waals surface area (Å²) in [5, 5.41) is 1.07. The molecule has 0 radical (unpaired) electrons. The van der Waals surface area contributed by atoms with Crippen LogP contribution in [0.15, 0.2) is 11.8 Å². The molecular weight excluding hydrogens is 150 g/mol. The van der Waals surface area contributed by atoms with Gasteiger partial charge in [0.15, 0.2) is 0 Å². The number of halogens is 2. The van der Waals surface area contributed by atoms with Gasteiger partial charge in [-0.05, 0) is 20.8 Å². The Balaban J connectivity index is 4.28. The fraction of sp³-hybridized carbons (Fsp3) is 0.714. The molecule has 0 aliphatic rings. The van der Waals surface area contributed by atoms with Crippen molar-refractivity contribution in [2.45, 2.75) is 33.2 Å². The topological polar surface area (TPSA) is 29.3 Å². The minimum Gasteiger partial charge on any atom is -0.307 e. The number of allylic oxidation sites excluding steroid dienone is 2. The largest absolute Gasteiger partial charge is 0.307 e. The van der Waals surface area contributed by atoms with Crippen molar-refractivity contribution in [3.63, 3.8) is 0 Å². The van der Waals surface area contributed by atoms with Gasteiger partial charge in [0.2, 0.25) is 0 Å². The maximum absolute atomic E-state index is 12.1. The third kappa shape index (κ3) is 2.84. The highest BCUT2D eigenvalue weighted by molar-refractivity contribution is 5.01. The lowest BCUT2D eigenvalue weighted by Gasteiger charge is -2.25. The first-order chi connectivity index (χ1) is 5.00. The molecule has 0 heterocycles. The molecule has 0 rings (SSSR count). The van der Waals surface area contributed by atoms with Gasteiger partial charge >= 0.3 is 0 Å². The van der Waals surface area contributed by atoms with E-state index in [-0.39, 0.29) is 11.7 Å². The highest BCUT2D eigenvalue weighted by Gasteiger charge is 2.16. The predicted molar refractivity (Wildman–Crippen MR) is 40.9 cm³/mol. The van der Waals surface area contributed by atoms with Crippen LogP contribution in [0, 0.1) is 0 Å². The van der Waals surface area contributed by atoms with Gasteiger partial charge in [-0.3, -0.25) is 0 Å². The van der Waals surface area contributed by atoms with Crippen LogP contribution in [0.4, 0.5) is 8.78 Å². The van der Waals surface area contributed by atoms with Crippen LogP contribution in [-0.2, 0) is 0 Å². The van der Waals surface area contributed by atoms with E-state index in [0.29, 0.717) is 0 Å². The highest BCUT2D eigenvalue weighted by Crippen LogP contribution is 2.12. The number of hydrazine groups is 1. The van der Waals surface area contributed by atoms with Gasteiger partial charge < -0.3 is 5.01 Å². The summed E-state index contributed by atoms with van der Waals surface area (Å²) in [6.07, 6.45) is -1.17. The van der Waals surface area contributed by atoms with Gasteiger partial charge in [0.05, 0.1) is 5.70 Å². The minimum absolute atomic E-state index is 0.102. The molecule has 0 unspecified atom stereocenters. The highest BCUT2D eigenvalue weighted by atomic mass is 19.3. The van der Waals surface area contributed by atoms with Crippen molar-refractivity contribution >= 4 is 0 Å². The Morgan fingerprint density at radius 3 is 2.00 bits per heavy atom. The van der Waals surface area contributed by atoms with Gasteiger partial charge in [0, 0.05) is 6.04 Å². The van der Waals surface area contributed by atoms with E-state index < -0.39 is 6.43 Å². The fourth-order valence-corrected chi connectivity index (χ4v) is 0.686. The van der Waals surface area contributed by atoms with E-state index in [2.05, 4.69) is 0 Å². The van der Waals surface area contributed by atoms with Crippen LogP contribution in [0.3, 0.4) is 0 Å². The van der Waals surface area contributed by atoms with E-state index in [1.54, 1.807) is 20.8 Å². The number of nitrogens with two attached hydrogens (primary N) is 1. The summed E-state index contributed by atoms with van der Waals surface area (Å²) >= 11 is 0. The van der Waals surface area contributed by atoms with Crippen LogP contribution in [0.1, 0.15) is 20.8 Å². The summed E-state index contributed by atoms with van der Waals surface area (Å²) in [5.41, 5.74) is -0.125. The fourth-order valence-electron chi connectivity index (χ4n) is 0.686. The third-order valence-corrected chi connectivity index (χ3v) is 1.37. The molecule has 0 amide bonds. The second-order valence-electron chi connectivity index (χ2n) is 2.52. The molecular formula is C7H14F2N2. The molecule has 0 aliphatic carbocycles. The summed E-state index contributed by atoms with van der Waals surface area (Å²) in [6, 6.07) is -0.102. The summed E-state index contributed by atoms with van der Waals surface area (Å²) in [5.74, 6) is 5.36. The van der Waals surface area contributed by atoms with Crippen LogP contribution in [-0.4, -0.2) is 17.5 Å². The molecule has 0 bridgehead atoms. The molecule has 0 aromatic rings. The Bertz CT molecular complexity index is 143. The van der Waals surface area contributed by atoms with Crippen molar-refractivity contribution in [2.24, 2.45) is 5.84 Å². The van der Waals surface area contributed by atoms with Crippen molar-refractivity contribution in [1.29, 1.82) is 0 Å². The lowest BCUT2D eigenvalue weighted by molar-refractivity contribution is 0.126. The molecule has 2 N–H and O–H groups in total. The minimum atomic E-state index is -2.49. The van der Waals surface area contributed by atoms with E-state index in [1.807, 2.05) is 0 Å². The van der Waals surface area contributed by atoms with E-state index in [0.717, 1.165) is 5.01 Å². The molecule has 11 heavy (non-hydrogen) atoms. The van der Waals surface area contributed by atoms with Crippen molar-refractivity contribution < 1.29 is 8.78 Å². The molecule has 0 saturated heterocycles. The van der Waals surface area contributed by atoms with Gasteiger partial charge in [0.25, 0.3) is 6.43 Å². The molecule has 0 aromatic heterocycles. The quantitative estimate of drug-likeness (QED) is 0.508. The molecule has 2 nitrogen and oxygen atoms in total. The smallest absolute Gasteiger partial charge is 0.279 e. The van der Waals surface area contributed by atoms with E-state index in [1.165, 1.54) is 6.08 Å². The number of hydrogen-bond donors (Lipinski definition) is 1. The molecule has 0 atom stereocenters. The van der Waals surface area contributed by atoms with Gasteiger partial charge in [-0.25, -0.2) is 14.6 Å². The van der Waals surface area contributed by atoms with Crippen molar-refractivity contribution in [2.75, 3.05) is 0 Å². The average molecular weight is 164 g/mol. The number of rotatable bonds is 3. The van der Waals surface area contributed by atoms with Gasteiger partial charge in [-0.2, -0.15) is 0 Å². The van der Waals surface area contributed by atoms with Crippen LogP contribution < -0.4 is 5.84 Å². The SMILES string of the molecule is C/C=C(/C(F)F)N(N)C(C)C. The second-order valence-corrected chi connectivity index (χ2v) is 2.52. The summed E-state index contributed by atoms with van der Waals surface area (Å²) in [7, 11) is 0. The normalized spacial score (nSPS) is 12.9. The number of alkyl halides is 2. The molecule has 66 valence electrons. The first-order valence-electron chi connectivity index (χ1n) is 3.49. The monoisotopic (exact) mass is 164 g/mol. The first kappa shape index (κ1) is 10.4. The second kappa shape index (κ2) is 4.28. The Morgan fingerprint density at radius 2 is 1.91 bits per heavy atom. The summed E-state index contributed by atoms with van der Waals surface area (Å²) in [6.45, 7) is 5.06. The number of nitrogens with zero attached hydrogens (tertiary/aromatic N) is 1. The van der Waals surface area contributed by atoms with E-state index in [4.69, 9.17) is 5.84 Å². The maximum Gasteiger partial charge on any atom is 0.279 e. The third-order valence-electron chi connectivity index (χ3n) is 1.37. The van der Waals surface area contributed by atoms with Crippen molar-refractivity contribution in [1.82, 2.24) is 5.01 Å². The van der Waals surface area contributed by atoms with Gasteiger partial charge in [-0.1, -0.05) is 6.08 Å². The lowest BCUT2D eigenvalue weighted by atomic mass is 10.3. The number of hydrogen-bond acceptors (Lipinski definition) is 2. The summed E-state index contributed by atoms with van der Waals surface area (Å²) < 4.78 is 24.2. The van der Waals surface area contributed by atoms with Crippen molar-refractivity contribution in [3.8, 4) is 0 Å². The molecule has 0 aromatic carbocycles. The molecule has 0 saturated carbocycles. The van der Waals surface area contributed by atoms with Crippen LogP contribution in [0.2, 0.25) is 0 Å². The van der Waals surface area contributed by atoms with Crippen LogP contribution in [0.25, 0.3) is 0 Å². The first-order valence-corrected chi connectivity index (χ1v) is 3.49. The predicted octanol–water partition coefficient (Wildman–Crippen LogP) is 1.74. The van der Waals surface area contributed by atoms with Gasteiger partial charge in [-0.15, -0.1) is 0 Å². The molecule has 4 heteroatoms. The van der Waals surface area contributed by atoms with Gasteiger partial charge in [0.1, 0.15) is 0 Å². The molecule has 0 fully saturated rings.